The standard InChI is InChI=1S/C21H21ClN4O4S/c1-4-23-20(29)25-18(27)12(2)31-21-24-16-8-6-5-7-14(16)19(28)26(21)13-9-10-17(30-3)15(22)11-13/h5-12H,4H2,1-3H3,(H2,23,25,27,29)/t12-/m0/s1. The van der Waals surface area contributed by atoms with Crippen LogP contribution in [0.15, 0.2) is 52.4 Å². The molecule has 0 aliphatic carbocycles. The summed E-state index contributed by atoms with van der Waals surface area (Å²) in [5.41, 5.74) is 0.681. The first-order valence-corrected chi connectivity index (χ1v) is 10.7. The van der Waals surface area contributed by atoms with Crippen molar-refractivity contribution >= 4 is 46.2 Å². The van der Waals surface area contributed by atoms with E-state index in [0.29, 0.717) is 39.1 Å². The Morgan fingerprint density at radius 3 is 2.68 bits per heavy atom. The third kappa shape index (κ3) is 5.00. The molecule has 1 atom stereocenters. The molecule has 1 heterocycles. The molecule has 2 aromatic carbocycles. The van der Waals surface area contributed by atoms with Gasteiger partial charge in [0.15, 0.2) is 5.16 Å². The minimum absolute atomic E-state index is 0.295. The number of fused-ring (bicyclic) bond motifs is 1. The number of nitrogens with one attached hydrogen (secondary N) is 2. The van der Waals surface area contributed by atoms with Gasteiger partial charge in [-0.05, 0) is 44.2 Å². The third-order valence-electron chi connectivity index (χ3n) is 4.36. The first-order chi connectivity index (χ1) is 14.8. The van der Waals surface area contributed by atoms with Gasteiger partial charge in [-0.25, -0.2) is 9.78 Å². The number of urea groups is 1. The fourth-order valence-electron chi connectivity index (χ4n) is 2.84. The van der Waals surface area contributed by atoms with Gasteiger partial charge in [0.05, 0.1) is 34.0 Å². The molecule has 8 nitrogen and oxygen atoms in total. The Morgan fingerprint density at radius 1 is 1.26 bits per heavy atom. The van der Waals surface area contributed by atoms with Gasteiger partial charge < -0.3 is 10.1 Å². The molecule has 0 aliphatic rings. The highest BCUT2D eigenvalue weighted by molar-refractivity contribution is 8.00. The molecule has 3 rings (SSSR count). The maximum absolute atomic E-state index is 13.3. The Kier molecular flexibility index (Phi) is 7.19. The van der Waals surface area contributed by atoms with Crippen molar-refractivity contribution in [2.45, 2.75) is 24.3 Å². The molecule has 3 amide bonds. The molecule has 2 N–H and O–H groups in total. The predicted molar refractivity (Wildman–Crippen MR) is 121 cm³/mol. The van der Waals surface area contributed by atoms with Crippen molar-refractivity contribution in [3.05, 3.63) is 57.8 Å². The van der Waals surface area contributed by atoms with E-state index in [4.69, 9.17) is 16.3 Å². The second kappa shape index (κ2) is 9.84. The lowest BCUT2D eigenvalue weighted by Crippen LogP contribution is -2.42. The molecule has 0 saturated carbocycles. The number of benzene rings is 2. The van der Waals surface area contributed by atoms with E-state index in [1.807, 2.05) is 0 Å². The van der Waals surface area contributed by atoms with Crippen LogP contribution in [0.5, 0.6) is 5.75 Å². The highest BCUT2D eigenvalue weighted by Gasteiger charge is 2.22. The first-order valence-electron chi connectivity index (χ1n) is 9.46. The summed E-state index contributed by atoms with van der Waals surface area (Å²) < 4.78 is 6.59. The van der Waals surface area contributed by atoms with Gasteiger partial charge >= 0.3 is 6.03 Å². The molecule has 3 aromatic rings. The summed E-state index contributed by atoms with van der Waals surface area (Å²) in [6.45, 7) is 3.77. The van der Waals surface area contributed by atoms with Gasteiger partial charge in [0.1, 0.15) is 5.75 Å². The lowest BCUT2D eigenvalue weighted by Gasteiger charge is -2.17. The Hall–Kier alpha value is -3.04. The normalized spacial score (nSPS) is 11.7. The fourth-order valence-corrected chi connectivity index (χ4v) is 4.02. The van der Waals surface area contributed by atoms with Crippen LogP contribution in [0.3, 0.4) is 0 Å². The summed E-state index contributed by atoms with van der Waals surface area (Å²) in [6, 6.07) is 11.3. The fraction of sp³-hybridized carbons (Fsp3) is 0.238. The van der Waals surface area contributed by atoms with Crippen molar-refractivity contribution < 1.29 is 14.3 Å². The van der Waals surface area contributed by atoms with Crippen molar-refractivity contribution in [1.29, 1.82) is 0 Å². The van der Waals surface area contributed by atoms with Crippen LogP contribution in [0.4, 0.5) is 4.79 Å². The monoisotopic (exact) mass is 460 g/mol. The van der Waals surface area contributed by atoms with E-state index in [1.165, 1.54) is 11.7 Å². The summed E-state index contributed by atoms with van der Waals surface area (Å²) in [6.07, 6.45) is 0. The molecular weight excluding hydrogens is 440 g/mol. The minimum Gasteiger partial charge on any atom is -0.495 e. The summed E-state index contributed by atoms with van der Waals surface area (Å²) in [5, 5.41) is 5.14. The molecule has 31 heavy (non-hydrogen) atoms. The number of rotatable bonds is 6. The van der Waals surface area contributed by atoms with Crippen molar-refractivity contribution in [3.63, 3.8) is 0 Å². The minimum atomic E-state index is -0.698. The number of halogens is 1. The number of amides is 3. The van der Waals surface area contributed by atoms with Crippen LogP contribution in [0.2, 0.25) is 5.02 Å². The molecule has 0 spiro atoms. The van der Waals surface area contributed by atoms with Crippen molar-refractivity contribution in [3.8, 4) is 11.4 Å². The quantitative estimate of drug-likeness (QED) is 0.432. The van der Waals surface area contributed by atoms with E-state index < -0.39 is 17.2 Å². The largest absolute Gasteiger partial charge is 0.495 e. The molecule has 0 fully saturated rings. The number of ether oxygens (including phenoxy) is 1. The van der Waals surface area contributed by atoms with E-state index in [2.05, 4.69) is 15.6 Å². The van der Waals surface area contributed by atoms with Crippen molar-refractivity contribution in [1.82, 2.24) is 20.2 Å². The van der Waals surface area contributed by atoms with E-state index >= 15 is 0 Å². The number of methoxy groups -OCH3 is 1. The summed E-state index contributed by atoms with van der Waals surface area (Å²) in [5.74, 6) is -0.0335. The topological polar surface area (TPSA) is 102 Å². The molecular formula is C21H21ClN4O4S. The second-order valence-electron chi connectivity index (χ2n) is 6.48. The van der Waals surface area contributed by atoms with Gasteiger partial charge in [-0.3, -0.25) is 19.5 Å². The Morgan fingerprint density at radius 2 is 2.00 bits per heavy atom. The molecule has 1 aromatic heterocycles. The van der Waals surface area contributed by atoms with Gasteiger partial charge in [0.25, 0.3) is 5.56 Å². The Labute approximate surface area is 187 Å². The number of carbonyl (C=O) groups is 2. The average molecular weight is 461 g/mol. The van der Waals surface area contributed by atoms with Crippen molar-refractivity contribution in [2.75, 3.05) is 13.7 Å². The second-order valence-corrected chi connectivity index (χ2v) is 8.19. The van der Waals surface area contributed by atoms with Gasteiger partial charge in [-0.1, -0.05) is 35.5 Å². The maximum Gasteiger partial charge on any atom is 0.321 e. The number of para-hydroxylation sites is 1. The number of imide groups is 1. The van der Waals surface area contributed by atoms with Gasteiger partial charge in [-0.15, -0.1) is 0 Å². The highest BCUT2D eigenvalue weighted by Crippen LogP contribution is 2.29. The molecule has 0 unspecified atom stereocenters. The Balaban J connectivity index is 2.06. The zero-order valence-electron chi connectivity index (χ0n) is 17.1. The molecule has 10 heteroatoms. The van der Waals surface area contributed by atoms with Crippen LogP contribution in [0.1, 0.15) is 13.8 Å². The lowest BCUT2D eigenvalue weighted by atomic mass is 10.2. The van der Waals surface area contributed by atoms with Crippen LogP contribution < -0.4 is 20.9 Å². The van der Waals surface area contributed by atoms with Crippen molar-refractivity contribution in [2.24, 2.45) is 0 Å². The van der Waals surface area contributed by atoms with Gasteiger partial charge in [0.2, 0.25) is 5.91 Å². The zero-order valence-corrected chi connectivity index (χ0v) is 18.7. The van der Waals surface area contributed by atoms with Crippen LogP contribution in [0.25, 0.3) is 16.6 Å². The summed E-state index contributed by atoms with van der Waals surface area (Å²) in [4.78, 5) is 42.0. The number of thioether (sulfide) groups is 1. The first kappa shape index (κ1) is 22.6. The maximum atomic E-state index is 13.3. The Bertz CT molecular complexity index is 1200. The van der Waals surface area contributed by atoms with Crippen LogP contribution in [-0.2, 0) is 4.79 Å². The molecule has 162 valence electrons. The lowest BCUT2D eigenvalue weighted by molar-refractivity contribution is -0.119. The predicted octanol–water partition coefficient (Wildman–Crippen LogP) is 3.37. The third-order valence-corrected chi connectivity index (χ3v) is 5.71. The number of hydrogen-bond acceptors (Lipinski definition) is 6. The number of aromatic nitrogens is 2. The van der Waals surface area contributed by atoms with E-state index in [0.717, 1.165) is 11.8 Å². The summed E-state index contributed by atoms with van der Waals surface area (Å²) in [7, 11) is 1.50. The SMILES string of the molecule is CCNC(=O)NC(=O)[C@H](C)Sc1nc2ccccc2c(=O)n1-c1ccc(OC)c(Cl)c1. The zero-order chi connectivity index (χ0) is 22.5. The number of nitrogens with zero attached hydrogens (tertiary/aromatic N) is 2. The molecule has 0 radical (unpaired) electrons. The molecule has 0 saturated heterocycles. The number of carbonyl (C=O) groups excluding carboxylic acids is 2. The molecule has 0 bridgehead atoms. The van der Waals surface area contributed by atoms with Gasteiger partial charge in [0, 0.05) is 6.54 Å². The van der Waals surface area contributed by atoms with Crippen LogP contribution >= 0.6 is 23.4 Å². The van der Waals surface area contributed by atoms with Crippen LogP contribution in [0, 0.1) is 0 Å². The smallest absolute Gasteiger partial charge is 0.321 e. The summed E-state index contributed by atoms with van der Waals surface area (Å²) >= 11 is 7.33. The van der Waals surface area contributed by atoms with E-state index in [1.54, 1.807) is 56.3 Å². The average Bonchev–Trinajstić information content (AvgIpc) is 2.74. The van der Waals surface area contributed by atoms with Gasteiger partial charge in [-0.2, -0.15) is 0 Å². The van der Waals surface area contributed by atoms with E-state index in [-0.39, 0.29) is 5.56 Å². The highest BCUT2D eigenvalue weighted by atomic mass is 35.5. The molecule has 0 aliphatic heterocycles. The van der Waals surface area contributed by atoms with E-state index in [9.17, 15) is 14.4 Å². The van der Waals surface area contributed by atoms with Crippen LogP contribution in [-0.4, -0.2) is 40.4 Å². The number of hydrogen-bond donors (Lipinski definition) is 2.